The largest absolute Gasteiger partial charge is 0.299 e. The predicted molar refractivity (Wildman–Crippen MR) is 81.3 cm³/mol. The van der Waals surface area contributed by atoms with Crippen LogP contribution in [0.1, 0.15) is 71.6 Å². The number of carbonyl (C=O) groups is 1. The van der Waals surface area contributed by atoms with Gasteiger partial charge in [0, 0.05) is 11.8 Å². The zero-order valence-corrected chi connectivity index (χ0v) is 13.1. The monoisotopic (exact) mass is 272 g/mol. The van der Waals surface area contributed by atoms with Crippen LogP contribution >= 0.6 is 0 Å². The number of carbonyl (C=O) groups excluding carboxylic acids is 1. The van der Waals surface area contributed by atoms with Gasteiger partial charge in [-0.15, -0.1) is 0 Å². The van der Waals surface area contributed by atoms with Crippen molar-refractivity contribution in [3.63, 3.8) is 0 Å². The van der Waals surface area contributed by atoms with Crippen molar-refractivity contribution >= 4 is 5.78 Å². The van der Waals surface area contributed by atoms with E-state index >= 15 is 0 Å². The quantitative estimate of drug-likeness (QED) is 0.573. The molecule has 0 spiro atoms. The lowest BCUT2D eigenvalue weighted by Gasteiger charge is -2.56. The minimum absolute atomic E-state index is 0.0392. The summed E-state index contributed by atoms with van der Waals surface area (Å²) in [5.74, 6) is 2.92. The van der Waals surface area contributed by atoms with E-state index in [-0.39, 0.29) is 5.41 Å². The Morgan fingerprint density at radius 2 is 1.80 bits per heavy atom. The molecule has 110 valence electrons. The van der Waals surface area contributed by atoms with Gasteiger partial charge < -0.3 is 0 Å². The standard InChI is InChI=1S/C19H28O/c1-18-11-4-3-5-13(18)6-7-14-15-8-9-17(20)19(15,2)12-10-16(14)18/h6,14-16H,3-5,7-12H2,1-2H3/t14-,15?,16?,18-,19-/m0/s1. The van der Waals surface area contributed by atoms with Crippen LogP contribution in [0.5, 0.6) is 0 Å². The molecule has 4 aliphatic rings. The van der Waals surface area contributed by atoms with E-state index in [2.05, 4.69) is 19.9 Å². The fourth-order valence-corrected chi connectivity index (χ4v) is 6.47. The van der Waals surface area contributed by atoms with E-state index < -0.39 is 0 Å². The first-order chi connectivity index (χ1) is 9.56. The van der Waals surface area contributed by atoms with Crippen LogP contribution in [0.4, 0.5) is 0 Å². The molecular formula is C19H28O. The number of hydrogen-bond acceptors (Lipinski definition) is 1. The molecule has 0 aromatic rings. The van der Waals surface area contributed by atoms with Crippen LogP contribution in [-0.4, -0.2) is 5.78 Å². The van der Waals surface area contributed by atoms with E-state index in [4.69, 9.17) is 0 Å². The Morgan fingerprint density at radius 1 is 1.00 bits per heavy atom. The Balaban J connectivity index is 1.71. The molecular weight excluding hydrogens is 244 g/mol. The van der Waals surface area contributed by atoms with Crippen molar-refractivity contribution in [3.05, 3.63) is 11.6 Å². The Hall–Kier alpha value is -0.590. The van der Waals surface area contributed by atoms with E-state index in [1.807, 2.05) is 0 Å². The molecule has 3 fully saturated rings. The van der Waals surface area contributed by atoms with Gasteiger partial charge in [0.05, 0.1) is 0 Å². The summed E-state index contributed by atoms with van der Waals surface area (Å²) in [4.78, 5) is 12.4. The zero-order chi connectivity index (χ0) is 14.0. The van der Waals surface area contributed by atoms with Crippen molar-refractivity contribution < 1.29 is 4.79 Å². The van der Waals surface area contributed by atoms with Gasteiger partial charge >= 0.3 is 0 Å². The molecule has 0 saturated heterocycles. The summed E-state index contributed by atoms with van der Waals surface area (Å²) in [7, 11) is 0. The lowest BCUT2D eigenvalue weighted by atomic mass is 9.48. The molecule has 0 heterocycles. The molecule has 0 aromatic carbocycles. The molecule has 0 aliphatic heterocycles. The predicted octanol–water partition coefficient (Wildman–Crippen LogP) is 4.91. The van der Waals surface area contributed by atoms with Gasteiger partial charge in [0.25, 0.3) is 0 Å². The Bertz CT molecular complexity index is 476. The molecule has 0 aromatic heterocycles. The van der Waals surface area contributed by atoms with Gasteiger partial charge in [-0.1, -0.05) is 31.9 Å². The second-order valence-corrected chi connectivity index (χ2v) is 8.38. The fraction of sp³-hybridized carbons (Fsp3) is 0.842. The van der Waals surface area contributed by atoms with Crippen molar-refractivity contribution in [3.8, 4) is 0 Å². The maximum Gasteiger partial charge on any atom is 0.139 e. The minimum Gasteiger partial charge on any atom is -0.299 e. The van der Waals surface area contributed by atoms with Crippen LogP contribution in [0.2, 0.25) is 0 Å². The molecule has 0 amide bonds. The first kappa shape index (κ1) is 13.1. The highest BCUT2D eigenvalue weighted by atomic mass is 16.1. The average molecular weight is 272 g/mol. The number of hydrogen-bond donors (Lipinski definition) is 0. The van der Waals surface area contributed by atoms with Crippen LogP contribution in [0, 0.1) is 28.6 Å². The Morgan fingerprint density at radius 3 is 2.65 bits per heavy atom. The highest BCUT2D eigenvalue weighted by Gasteiger charge is 2.58. The zero-order valence-electron chi connectivity index (χ0n) is 13.1. The molecule has 3 saturated carbocycles. The van der Waals surface area contributed by atoms with E-state index in [1.54, 1.807) is 5.57 Å². The Labute approximate surface area is 123 Å². The molecule has 5 atom stereocenters. The van der Waals surface area contributed by atoms with Gasteiger partial charge in [-0.2, -0.15) is 0 Å². The van der Waals surface area contributed by atoms with Crippen LogP contribution in [-0.2, 0) is 4.79 Å². The summed E-state index contributed by atoms with van der Waals surface area (Å²) >= 11 is 0. The van der Waals surface area contributed by atoms with Gasteiger partial charge in [-0.05, 0) is 68.1 Å². The summed E-state index contributed by atoms with van der Waals surface area (Å²) in [5.41, 5.74) is 2.30. The number of rotatable bonds is 0. The van der Waals surface area contributed by atoms with Crippen LogP contribution in [0.3, 0.4) is 0 Å². The normalized spacial score (nSPS) is 51.0. The van der Waals surface area contributed by atoms with Gasteiger partial charge in [0.15, 0.2) is 0 Å². The van der Waals surface area contributed by atoms with Gasteiger partial charge in [0.1, 0.15) is 5.78 Å². The fourth-order valence-electron chi connectivity index (χ4n) is 6.47. The third kappa shape index (κ3) is 1.53. The van der Waals surface area contributed by atoms with E-state index in [0.717, 1.165) is 18.3 Å². The highest BCUT2D eigenvalue weighted by Crippen LogP contribution is 2.63. The van der Waals surface area contributed by atoms with E-state index in [0.29, 0.717) is 17.1 Å². The summed E-state index contributed by atoms with van der Waals surface area (Å²) in [6.07, 6.45) is 13.9. The molecule has 4 aliphatic carbocycles. The average Bonchev–Trinajstić information content (AvgIpc) is 2.74. The third-order valence-electron chi connectivity index (χ3n) is 7.73. The molecule has 0 N–H and O–H groups in total. The van der Waals surface area contributed by atoms with Crippen molar-refractivity contribution in [1.82, 2.24) is 0 Å². The minimum atomic E-state index is 0.0392. The molecule has 4 rings (SSSR count). The number of ketones is 1. The second-order valence-electron chi connectivity index (χ2n) is 8.38. The van der Waals surface area contributed by atoms with Gasteiger partial charge in [-0.3, -0.25) is 4.79 Å². The lowest BCUT2D eigenvalue weighted by Crippen LogP contribution is -2.49. The third-order valence-corrected chi connectivity index (χ3v) is 7.73. The molecule has 0 bridgehead atoms. The summed E-state index contributed by atoms with van der Waals surface area (Å²) in [6, 6.07) is 0. The van der Waals surface area contributed by atoms with Crippen LogP contribution < -0.4 is 0 Å². The smallest absolute Gasteiger partial charge is 0.139 e. The maximum absolute atomic E-state index is 12.4. The van der Waals surface area contributed by atoms with Crippen molar-refractivity contribution in [1.29, 1.82) is 0 Å². The molecule has 1 nitrogen and oxygen atoms in total. The second kappa shape index (κ2) is 4.21. The van der Waals surface area contributed by atoms with E-state index in [9.17, 15) is 4.79 Å². The lowest BCUT2D eigenvalue weighted by molar-refractivity contribution is -0.131. The number of Topliss-reactive ketones (excluding diaryl/α,β-unsaturated/α-hetero) is 1. The molecule has 2 unspecified atom stereocenters. The van der Waals surface area contributed by atoms with Crippen LogP contribution in [0.25, 0.3) is 0 Å². The SMILES string of the molecule is C[C@]12CCCCC1=CC[C@@H]1C2CC[C@]2(C)C(=O)CCC12. The van der Waals surface area contributed by atoms with Crippen molar-refractivity contribution in [2.75, 3.05) is 0 Å². The van der Waals surface area contributed by atoms with E-state index in [1.165, 1.54) is 51.4 Å². The number of fused-ring (bicyclic) bond motifs is 5. The molecule has 1 heteroatoms. The summed E-state index contributed by atoms with van der Waals surface area (Å²) in [5, 5.41) is 0. The topological polar surface area (TPSA) is 17.1 Å². The summed E-state index contributed by atoms with van der Waals surface area (Å²) < 4.78 is 0. The van der Waals surface area contributed by atoms with Crippen molar-refractivity contribution in [2.45, 2.75) is 71.6 Å². The van der Waals surface area contributed by atoms with Crippen molar-refractivity contribution in [2.24, 2.45) is 28.6 Å². The summed E-state index contributed by atoms with van der Waals surface area (Å²) in [6.45, 7) is 4.83. The maximum atomic E-state index is 12.4. The first-order valence-electron chi connectivity index (χ1n) is 8.78. The molecule has 0 radical (unpaired) electrons. The first-order valence-corrected chi connectivity index (χ1v) is 8.78. The highest BCUT2D eigenvalue weighted by molar-refractivity contribution is 5.87. The molecule has 20 heavy (non-hydrogen) atoms. The Kier molecular flexibility index (Phi) is 2.76. The van der Waals surface area contributed by atoms with Gasteiger partial charge in [-0.25, -0.2) is 0 Å². The van der Waals surface area contributed by atoms with Crippen LogP contribution in [0.15, 0.2) is 11.6 Å². The number of allylic oxidation sites excluding steroid dienone is 2. The van der Waals surface area contributed by atoms with Gasteiger partial charge in [0.2, 0.25) is 0 Å².